The van der Waals surface area contributed by atoms with E-state index >= 15 is 0 Å². The third-order valence-corrected chi connectivity index (χ3v) is 5.39. The lowest BCUT2D eigenvalue weighted by molar-refractivity contribution is -0.135. The van der Waals surface area contributed by atoms with Crippen LogP contribution in [-0.4, -0.2) is 65.6 Å². The molecule has 8 nitrogen and oxygen atoms in total. The van der Waals surface area contributed by atoms with Crippen LogP contribution in [0.4, 0.5) is 0 Å². The molecule has 1 saturated heterocycles. The van der Waals surface area contributed by atoms with E-state index < -0.39 is 0 Å². The summed E-state index contributed by atoms with van der Waals surface area (Å²) in [5.41, 5.74) is 0.751. The molecular weight excluding hydrogens is 374 g/mol. The fourth-order valence-electron chi connectivity index (χ4n) is 3.85. The number of amides is 1. The molecular formula is C21H27N3O5. The van der Waals surface area contributed by atoms with Crippen molar-refractivity contribution in [3.8, 4) is 0 Å². The van der Waals surface area contributed by atoms with Crippen molar-refractivity contribution in [3.05, 3.63) is 48.3 Å². The Labute approximate surface area is 169 Å². The van der Waals surface area contributed by atoms with E-state index in [1.54, 1.807) is 17.5 Å². The van der Waals surface area contributed by atoms with E-state index in [4.69, 9.17) is 18.7 Å². The van der Waals surface area contributed by atoms with Crippen LogP contribution in [0.3, 0.4) is 0 Å². The Balaban J connectivity index is 1.37. The zero-order valence-electron chi connectivity index (χ0n) is 16.4. The van der Waals surface area contributed by atoms with Crippen molar-refractivity contribution < 1.29 is 23.5 Å². The number of nitrogens with zero attached hydrogens (tertiary/aromatic N) is 3. The summed E-state index contributed by atoms with van der Waals surface area (Å²) >= 11 is 0. The van der Waals surface area contributed by atoms with Crippen molar-refractivity contribution in [1.82, 2.24) is 9.91 Å². The first-order chi connectivity index (χ1) is 14.2. The molecule has 1 amide bonds. The minimum Gasteiger partial charge on any atom is -0.467 e. The second kappa shape index (κ2) is 9.39. The molecule has 0 bridgehead atoms. The number of hydrazone groups is 1. The monoisotopic (exact) mass is 401 g/mol. The molecule has 0 aromatic carbocycles. The van der Waals surface area contributed by atoms with Crippen LogP contribution in [0.2, 0.25) is 0 Å². The topological polar surface area (TPSA) is 91.7 Å². The summed E-state index contributed by atoms with van der Waals surface area (Å²) in [6.45, 7) is 2.67. The minimum atomic E-state index is -0.253. The summed E-state index contributed by atoms with van der Waals surface area (Å²) < 4.78 is 16.8. The van der Waals surface area contributed by atoms with Crippen molar-refractivity contribution in [1.29, 1.82) is 0 Å². The lowest BCUT2D eigenvalue weighted by atomic mass is 10.1. The van der Waals surface area contributed by atoms with Crippen LogP contribution >= 0.6 is 0 Å². The third-order valence-electron chi connectivity index (χ3n) is 5.39. The van der Waals surface area contributed by atoms with Crippen molar-refractivity contribution >= 4 is 11.6 Å². The zero-order chi connectivity index (χ0) is 20.1. The molecule has 4 rings (SSSR count). The van der Waals surface area contributed by atoms with Crippen molar-refractivity contribution in [2.24, 2.45) is 5.10 Å². The number of likely N-dealkylation sites (tertiary alicyclic amines) is 1. The Kier molecular flexibility index (Phi) is 6.43. The summed E-state index contributed by atoms with van der Waals surface area (Å²) in [5, 5.41) is 15.0. The Morgan fingerprint density at radius 3 is 2.69 bits per heavy atom. The molecule has 1 N–H and O–H groups in total. The predicted molar refractivity (Wildman–Crippen MR) is 105 cm³/mol. The van der Waals surface area contributed by atoms with E-state index in [1.165, 1.54) is 0 Å². The van der Waals surface area contributed by atoms with Crippen LogP contribution in [0.25, 0.3) is 0 Å². The zero-order valence-corrected chi connectivity index (χ0v) is 16.4. The fraction of sp³-hybridized carbons (Fsp3) is 0.524. The van der Waals surface area contributed by atoms with Gasteiger partial charge in [-0.3, -0.25) is 9.69 Å². The summed E-state index contributed by atoms with van der Waals surface area (Å²) in [6, 6.07) is 7.12. The second-order valence-corrected chi connectivity index (χ2v) is 7.42. The van der Waals surface area contributed by atoms with Crippen LogP contribution in [0.15, 0.2) is 50.7 Å². The minimum absolute atomic E-state index is 0.0485. The highest BCUT2D eigenvalue weighted by Crippen LogP contribution is 2.33. The molecule has 2 aliphatic rings. The third kappa shape index (κ3) is 4.77. The van der Waals surface area contributed by atoms with Gasteiger partial charge in [0.2, 0.25) is 0 Å². The Hall–Kier alpha value is -2.42. The van der Waals surface area contributed by atoms with Crippen LogP contribution in [0.5, 0.6) is 0 Å². The first kappa shape index (κ1) is 19.9. The number of hydrogen-bond donors (Lipinski definition) is 1. The number of ether oxygens (including phenoxy) is 1. The maximum atomic E-state index is 13.1. The van der Waals surface area contributed by atoms with Gasteiger partial charge in [0.15, 0.2) is 0 Å². The number of hydrogen-bond acceptors (Lipinski definition) is 7. The van der Waals surface area contributed by atoms with E-state index in [1.807, 2.05) is 24.3 Å². The fourth-order valence-corrected chi connectivity index (χ4v) is 3.85. The maximum absolute atomic E-state index is 13.1. The van der Waals surface area contributed by atoms with Crippen molar-refractivity contribution in [2.75, 3.05) is 32.8 Å². The van der Waals surface area contributed by atoms with Crippen LogP contribution in [0.1, 0.15) is 43.2 Å². The molecule has 8 heteroatoms. The quantitative estimate of drug-likeness (QED) is 0.683. The van der Waals surface area contributed by atoms with E-state index in [2.05, 4.69) is 10.0 Å². The molecule has 1 atom stereocenters. The van der Waals surface area contributed by atoms with E-state index in [0.717, 1.165) is 37.4 Å². The predicted octanol–water partition coefficient (Wildman–Crippen LogP) is 2.41. The van der Waals surface area contributed by atoms with Crippen LogP contribution < -0.4 is 0 Å². The van der Waals surface area contributed by atoms with Gasteiger partial charge in [0.25, 0.3) is 5.91 Å². The standard InChI is InChI=1S/C21H27N3O5/c25-10-3-13-27-16-6-8-23(9-7-16)15-21(26)24-18(20-5-2-12-29-20)14-17(22-24)19-4-1-11-28-19/h1-2,4-5,11-12,16,18,25H,3,6-10,13-15H2. The molecule has 29 heavy (non-hydrogen) atoms. The highest BCUT2D eigenvalue weighted by molar-refractivity contribution is 6.01. The molecule has 2 aromatic rings. The van der Waals surface area contributed by atoms with Gasteiger partial charge in [0.05, 0.1) is 25.2 Å². The maximum Gasteiger partial charge on any atom is 0.257 e. The first-order valence-corrected chi connectivity index (χ1v) is 10.2. The lowest BCUT2D eigenvalue weighted by Crippen LogP contribution is -2.43. The molecule has 0 radical (unpaired) electrons. The van der Waals surface area contributed by atoms with E-state index in [0.29, 0.717) is 31.8 Å². The summed E-state index contributed by atoms with van der Waals surface area (Å²) in [4.78, 5) is 15.2. The van der Waals surface area contributed by atoms with Gasteiger partial charge in [-0.05, 0) is 43.5 Å². The highest BCUT2D eigenvalue weighted by atomic mass is 16.5. The normalized spacial score (nSPS) is 20.9. The number of piperidine rings is 1. The smallest absolute Gasteiger partial charge is 0.257 e. The molecule has 2 aromatic heterocycles. The Morgan fingerprint density at radius 1 is 1.21 bits per heavy atom. The average molecular weight is 401 g/mol. The number of furan rings is 2. The molecule has 2 aliphatic heterocycles. The van der Waals surface area contributed by atoms with Gasteiger partial charge in [-0.2, -0.15) is 5.10 Å². The van der Waals surface area contributed by atoms with Gasteiger partial charge in [0, 0.05) is 32.7 Å². The Bertz CT molecular complexity index is 794. The SMILES string of the molecule is O=C(CN1CCC(OCCCO)CC1)N1N=C(c2ccco2)CC1c1ccco1. The summed E-state index contributed by atoms with van der Waals surface area (Å²) in [5.74, 6) is 1.35. The molecule has 0 aliphatic carbocycles. The summed E-state index contributed by atoms with van der Waals surface area (Å²) in [7, 11) is 0. The molecule has 1 unspecified atom stereocenters. The van der Waals surface area contributed by atoms with E-state index in [-0.39, 0.29) is 24.7 Å². The van der Waals surface area contributed by atoms with Crippen molar-refractivity contribution in [2.45, 2.75) is 37.8 Å². The number of carbonyl (C=O) groups is 1. The van der Waals surface area contributed by atoms with Gasteiger partial charge < -0.3 is 18.7 Å². The average Bonchev–Trinajstić information content (AvgIpc) is 3.49. The van der Waals surface area contributed by atoms with E-state index in [9.17, 15) is 4.79 Å². The second-order valence-electron chi connectivity index (χ2n) is 7.42. The number of carbonyl (C=O) groups excluding carboxylic acids is 1. The largest absolute Gasteiger partial charge is 0.467 e. The number of rotatable bonds is 8. The summed E-state index contributed by atoms with van der Waals surface area (Å²) in [6.07, 6.45) is 6.44. The van der Waals surface area contributed by atoms with Crippen molar-refractivity contribution in [3.63, 3.8) is 0 Å². The molecule has 1 fully saturated rings. The van der Waals surface area contributed by atoms with Crippen LogP contribution in [-0.2, 0) is 9.53 Å². The number of aliphatic hydroxyl groups excluding tert-OH is 1. The van der Waals surface area contributed by atoms with Gasteiger partial charge in [0.1, 0.15) is 23.3 Å². The number of aliphatic hydroxyl groups is 1. The van der Waals surface area contributed by atoms with Gasteiger partial charge >= 0.3 is 0 Å². The molecule has 0 saturated carbocycles. The highest BCUT2D eigenvalue weighted by Gasteiger charge is 2.36. The molecule has 0 spiro atoms. The van der Waals surface area contributed by atoms with Gasteiger partial charge in [-0.15, -0.1) is 0 Å². The van der Waals surface area contributed by atoms with Crippen LogP contribution in [0, 0.1) is 0 Å². The first-order valence-electron chi connectivity index (χ1n) is 10.2. The molecule has 156 valence electrons. The Morgan fingerprint density at radius 2 is 2.00 bits per heavy atom. The van der Waals surface area contributed by atoms with Gasteiger partial charge in [-0.25, -0.2) is 5.01 Å². The molecule has 4 heterocycles. The van der Waals surface area contributed by atoms with Gasteiger partial charge in [-0.1, -0.05) is 0 Å². The lowest BCUT2D eigenvalue weighted by Gasteiger charge is -2.32.